The Kier molecular flexibility index (Phi) is 5.78. The lowest BCUT2D eigenvalue weighted by Crippen LogP contribution is -2.27. The second kappa shape index (κ2) is 7.11. The highest BCUT2D eigenvalue weighted by atomic mass is 19.1. The van der Waals surface area contributed by atoms with E-state index in [2.05, 4.69) is 0 Å². The molecule has 0 aliphatic rings. The van der Waals surface area contributed by atoms with Crippen LogP contribution in [0.1, 0.15) is 25.8 Å². The molecule has 0 bridgehead atoms. The van der Waals surface area contributed by atoms with E-state index in [1.807, 2.05) is 13.8 Å². The highest BCUT2D eigenvalue weighted by Crippen LogP contribution is 2.14. The van der Waals surface area contributed by atoms with Gasteiger partial charge in [0.15, 0.2) is 0 Å². The van der Waals surface area contributed by atoms with E-state index >= 15 is 0 Å². The average molecular weight is 253 g/mol. The Morgan fingerprint density at radius 3 is 2.61 bits per heavy atom. The lowest BCUT2D eigenvalue weighted by Gasteiger charge is -2.16. The van der Waals surface area contributed by atoms with Crippen molar-refractivity contribution >= 4 is 5.97 Å². The third kappa shape index (κ3) is 4.45. The molecule has 0 radical (unpaired) electrons. The molecule has 100 valence electrons. The monoisotopic (exact) mass is 253 g/mol. The number of halogens is 1. The number of hydrogen-bond donors (Lipinski definition) is 1. The fourth-order valence-corrected chi connectivity index (χ4v) is 1.74. The zero-order valence-electron chi connectivity index (χ0n) is 10.9. The van der Waals surface area contributed by atoms with Crippen LogP contribution < -0.4 is 5.73 Å². The lowest BCUT2D eigenvalue weighted by atomic mass is 9.97. The van der Waals surface area contributed by atoms with Gasteiger partial charge in [-0.25, -0.2) is 4.39 Å². The number of carbonyl (C=O) groups is 1. The van der Waals surface area contributed by atoms with Gasteiger partial charge in [0.1, 0.15) is 12.4 Å². The van der Waals surface area contributed by atoms with E-state index < -0.39 is 0 Å². The van der Waals surface area contributed by atoms with Crippen molar-refractivity contribution < 1.29 is 13.9 Å². The molecule has 0 heterocycles. The zero-order chi connectivity index (χ0) is 13.5. The Hall–Kier alpha value is -1.42. The quantitative estimate of drug-likeness (QED) is 0.792. The first-order valence-electron chi connectivity index (χ1n) is 6.14. The highest BCUT2D eigenvalue weighted by molar-refractivity contribution is 5.72. The van der Waals surface area contributed by atoms with Crippen LogP contribution in [0.25, 0.3) is 0 Å². The molecule has 1 unspecified atom stereocenters. The van der Waals surface area contributed by atoms with Crippen LogP contribution in [0, 0.1) is 17.7 Å². The van der Waals surface area contributed by atoms with Gasteiger partial charge in [0.2, 0.25) is 0 Å². The third-order valence-electron chi connectivity index (χ3n) is 2.70. The van der Waals surface area contributed by atoms with Crippen LogP contribution >= 0.6 is 0 Å². The Labute approximate surface area is 107 Å². The van der Waals surface area contributed by atoms with Gasteiger partial charge in [0.05, 0.1) is 5.92 Å². The van der Waals surface area contributed by atoms with Crippen molar-refractivity contribution in [2.75, 3.05) is 6.54 Å². The minimum Gasteiger partial charge on any atom is -0.460 e. The number of benzene rings is 1. The molecule has 1 atom stereocenters. The average Bonchev–Trinajstić information content (AvgIpc) is 2.34. The lowest BCUT2D eigenvalue weighted by molar-refractivity contribution is -0.150. The molecule has 0 saturated carbocycles. The molecule has 0 aliphatic carbocycles. The Bertz CT molecular complexity index is 393. The Morgan fingerprint density at radius 2 is 2.06 bits per heavy atom. The summed E-state index contributed by atoms with van der Waals surface area (Å²) in [6, 6.07) is 6.25. The molecule has 0 fully saturated rings. The van der Waals surface area contributed by atoms with Gasteiger partial charge in [0.25, 0.3) is 0 Å². The van der Waals surface area contributed by atoms with Crippen LogP contribution in [-0.2, 0) is 16.1 Å². The summed E-state index contributed by atoms with van der Waals surface area (Å²) in [7, 11) is 0. The van der Waals surface area contributed by atoms with Gasteiger partial charge >= 0.3 is 5.97 Å². The summed E-state index contributed by atoms with van der Waals surface area (Å²) in [5, 5.41) is 0. The minimum absolute atomic E-state index is 0.0416. The van der Waals surface area contributed by atoms with Gasteiger partial charge < -0.3 is 10.5 Å². The van der Waals surface area contributed by atoms with Crippen LogP contribution in [0.4, 0.5) is 4.39 Å². The van der Waals surface area contributed by atoms with E-state index in [0.29, 0.717) is 17.9 Å². The number of ether oxygens (including phenoxy) is 1. The molecule has 1 aromatic rings. The van der Waals surface area contributed by atoms with Crippen LogP contribution in [0.3, 0.4) is 0 Å². The predicted octanol–water partition coefficient (Wildman–Crippen LogP) is 2.49. The smallest absolute Gasteiger partial charge is 0.310 e. The summed E-state index contributed by atoms with van der Waals surface area (Å²) < 4.78 is 18.4. The fraction of sp³-hybridized carbons (Fsp3) is 0.500. The van der Waals surface area contributed by atoms with Crippen molar-refractivity contribution in [2.45, 2.75) is 26.9 Å². The summed E-state index contributed by atoms with van der Waals surface area (Å²) in [6.45, 7) is 4.26. The highest BCUT2D eigenvalue weighted by Gasteiger charge is 2.20. The van der Waals surface area contributed by atoms with E-state index in [4.69, 9.17) is 10.5 Å². The molecular formula is C14H20FNO2. The van der Waals surface area contributed by atoms with Crippen molar-refractivity contribution in [1.82, 2.24) is 0 Å². The molecule has 2 N–H and O–H groups in total. The summed E-state index contributed by atoms with van der Waals surface area (Å²) in [5.74, 6) is -0.649. The molecular weight excluding hydrogens is 233 g/mol. The van der Waals surface area contributed by atoms with Crippen molar-refractivity contribution in [3.05, 3.63) is 35.6 Å². The van der Waals surface area contributed by atoms with Crippen LogP contribution in [0.2, 0.25) is 0 Å². The molecule has 18 heavy (non-hydrogen) atoms. The maximum Gasteiger partial charge on any atom is 0.310 e. The Morgan fingerprint density at radius 1 is 1.39 bits per heavy atom. The summed E-state index contributed by atoms with van der Waals surface area (Å²) in [5.41, 5.74) is 5.93. The standard InChI is InChI=1S/C14H20FNO2/c1-10(2)7-12(8-16)14(17)18-9-11-5-3-4-6-13(11)15/h3-6,10,12H,7-9,16H2,1-2H3. The second-order valence-electron chi connectivity index (χ2n) is 4.76. The summed E-state index contributed by atoms with van der Waals surface area (Å²) in [6.07, 6.45) is 0.687. The first-order chi connectivity index (χ1) is 8.54. The molecule has 3 nitrogen and oxygen atoms in total. The number of esters is 1. The zero-order valence-corrected chi connectivity index (χ0v) is 10.9. The van der Waals surface area contributed by atoms with Crippen LogP contribution in [0.5, 0.6) is 0 Å². The Balaban J connectivity index is 2.52. The number of nitrogens with two attached hydrogens (primary N) is 1. The van der Waals surface area contributed by atoms with E-state index in [9.17, 15) is 9.18 Å². The number of rotatable bonds is 6. The van der Waals surface area contributed by atoms with Gasteiger partial charge in [-0.3, -0.25) is 4.79 Å². The third-order valence-corrected chi connectivity index (χ3v) is 2.70. The van der Waals surface area contributed by atoms with Crippen molar-refractivity contribution in [3.63, 3.8) is 0 Å². The summed E-state index contributed by atoms with van der Waals surface area (Å²) in [4.78, 5) is 11.8. The van der Waals surface area contributed by atoms with Crippen LogP contribution in [-0.4, -0.2) is 12.5 Å². The first kappa shape index (κ1) is 14.6. The van der Waals surface area contributed by atoms with Crippen molar-refractivity contribution in [3.8, 4) is 0 Å². The van der Waals surface area contributed by atoms with E-state index in [1.54, 1.807) is 18.2 Å². The summed E-state index contributed by atoms with van der Waals surface area (Å²) >= 11 is 0. The largest absolute Gasteiger partial charge is 0.460 e. The SMILES string of the molecule is CC(C)CC(CN)C(=O)OCc1ccccc1F. The maximum atomic E-state index is 13.3. The first-order valence-corrected chi connectivity index (χ1v) is 6.14. The van der Waals surface area contributed by atoms with E-state index in [-0.39, 0.29) is 30.9 Å². The van der Waals surface area contributed by atoms with E-state index in [0.717, 1.165) is 0 Å². The molecule has 0 spiro atoms. The van der Waals surface area contributed by atoms with Gasteiger partial charge in [0, 0.05) is 12.1 Å². The van der Waals surface area contributed by atoms with Crippen LogP contribution in [0.15, 0.2) is 24.3 Å². The van der Waals surface area contributed by atoms with Gasteiger partial charge in [-0.1, -0.05) is 32.0 Å². The molecule has 0 aromatic heterocycles. The molecule has 1 aromatic carbocycles. The molecule has 1 rings (SSSR count). The van der Waals surface area contributed by atoms with Gasteiger partial charge in [-0.2, -0.15) is 0 Å². The molecule has 0 aliphatic heterocycles. The molecule has 4 heteroatoms. The normalized spacial score (nSPS) is 12.5. The minimum atomic E-state index is -0.363. The molecule has 0 amide bonds. The topological polar surface area (TPSA) is 52.3 Å². The maximum absolute atomic E-state index is 13.3. The second-order valence-corrected chi connectivity index (χ2v) is 4.76. The van der Waals surface area contributed by atoms with Gasteiger partial charge in [-0.15, -0.1) is 0 Å². The number of carbonyl (C=O) groups excluding carboxylic acids is 1. The molecule has 0 saturated heterocycles. The van der Waals surface area contributed by atoms with Gasteiger partial charge in [-0.05, 0) is 18.4 Å². The fourth-order valence-electron chi connectivity index (χ4n) is 1.74. The van der Waals surface area contributed by atoms with Crippen molar-refractivity contribution in [2.24, 2.45) is 17.6 Å². The van der Waals surface area contributed by atoms with Crippen molar-refractivity contribution in [1.29, 1.82) is 0 Å². The predicted molar refractivity (Wildman–Crippen MR) is 68.2 cm³/mol. The van der Waals surface area contributed by atoms with E-state index in [1.165, 1.54) is 6.07 Å². The number of hydrogen-bond acceptors (Lipinski definition) is 3.